The summed E-state index contributed by atoms with van der Waals surface area (Å²) in [7, 11) is 0. The first kappa shape index (κ1) is 7.03. The van der Waals surface area contributed by atoms with Crippen LogP contribution in [0.25, 0.3) is 0 Å². The van der Waals surface area contributed by atoms with Gasteiger partial charge in [-0.05, 0) is 6.07 Å². The van der Waals surface area contributed by atoms with Gasteiger partial charge in [-0.1, -0.05) is 18.2 Å². The van der Waals surface area contributed by atoms with Crippen molar-refractivity contribution in [1.82, 2.24) is 0 Å². The highest BCUT2D eigenvalue weighted by molar-refractivity contribution is 6.19. The minimum Gasteiger partial charge on any atom is -0.325 e. The second-order valence-corrected chi connectivity index (χ2v) is 2.75. The first-order chi connectivity index (χ1) is 5.77. The molecule has 1 heterocycles. The Kier molecular flexibility index (Phi) is 1.43. The molecule has 1 aromatic rings. The molecule has 1 aromatic carbocycles. The lowest BCUT2D eigenvalue weighted by Gasteiger charge is -2.16. The van der Waals surface area contributed by atoms with Gasteiger partial charge in [-0.15, -0.1) is 0 Å². The molecule has 0 saturated heterocycles. The fraction of sp³-hybridized carbons (Fsp3) is 0.111. The summed E-state index contributed by atoms with van der Waals surface area (Å²) < 4.78 is 0. The number of amides is 1. The summed E-state index contributed by atoms with van der Waals surface area (Å²) >= 11 is 0. The minimum absolute atomic E-state index is 0.0984. The van der Waals surface area contributed by atoms with Crippen molar-refractivity contribution in [1.29, 1.82) is 5.41 Å². The Bertz CT molecular complexity index is 357. The van der Waals surface area contributed by atoms with E-state index in [-0.39, 0.29) is 12.3 Å². The molecule has 1 aliphatic rings. The van der Waals surface area contributed by atoms with Crippen LogP contribution in [0.1, 0.15) is 12.0 Å². The third-order valence-electron chi connectivity index (χ3n) is 1.86. The fourth-order valence-electron chi connectivity index (χ4n) is 1.31. The third-order valence-corrected chi connectivity index (χ3v) is 1.86. The van der Waals surface area contributed by atoms with Gasteiger partial charge in [-0.2, -0.15) is 0 Å². The average Bonchev–Trinajstić information content (AvgIpc) is 2.04. The van der Waals surface area contributed by atoms with Gasteiger partial charge in [0.2, 0.25) is 5.91 Å². The van der Waals surface area contributed by atoms with Gasteiger partial charge >= 0.3 is 0 Å². The number of nitrogens with one attached hydrogen (secondary N) is 2. The average molecular weight is 160 g/mol. The summed E-state index contributed by atoms with van der Waals surface area (Å²) in [6.45, 7) is 0. The van der Waals surface area contributed by atoms with Crippen LogP contribution in [0, 0.1) is 5.41 Å². The van der Waals surface area contributed by atoms with Gasteiger partial charge in [0.25, 0.3) is 0 Å². The normalized spacial score (nSPS) is 15.3. The highest BCUT2D eigenvalue weighted by atomic mass is 16.1. The SMILES string of the molecule is N=C1CC(=O)Nc2ccccc21. The predicted octanol–water partition coefficient (Wildman–Crippen LogP) is 1.40. The number of carbonyl (C=O) groups excluding carboxylic acids is 1. The summed E-state index contributed by atoms with van der Waals surface area (Å²) in [5, 5.41) is 10.3. The Morgan fingerprint density at radius 1 is 1.33 bits per heavy atom. The van der Waals surface area contributed by atoms with Gasteiger partial charge in [0, 0.05) is 11.3 Å². The molecule has 60 valence electrons. The summed E-state index contributed by atoms with van der Waals surface area (Å²) in [6.07, 6.45) is 0.191. The van der Waals surface area contributed by atoms with Crippen LogP contribution in [0.5, 0.6) is 0 Å². The summed E-state index contributed by atoms with van der Waals surface area (Å²) in [5.41, 5.74) is 1.98. The highest BCUT2D eigenvalue weighted by Gasteiger charge is 2.18. The first-order valence-corrected chi connectivity index (χ1v) is 3.74. The van der Waals surface area contributed by atoms with Crippen molar-refractivity contribution in [3.63, 3.8) is 0 Å². The van der Waals surface area contributed by atoms with Crippen LogP contribution >= 0.6 is 0 Å². The van der Waals surface area contributed by atoms with Crippen LogP contribution in [-0.2, 0) is 4.79 Å². The molecular formula is C9H8N2O. The molecule has 0 fully saturated rings. The number of anilines is 1. The van der Waals surface area contributed by atoms with Crippen LogP contribution < -0.4 is 5.32 Å². The van der Waals surface area contributed by atoms with Crippen molar-refractivity contribution >= 4 is 17.3 Å². The molecule has 0 aliphatic carbocycles. The van der Waals surface area contributed by atoms with Gasteiger partial charge in [-0.3, -0.25) is 4.79 Å². The maximum absolute atomic E-state index is 11.0. The highest BCUT2D eigenvalue weighted by Crippen LogP contribution is 2.20. The number of benzene rings is 1. The molecule has 0 spiro atoms. The van der Waals surface area contributed by atoms with E-state index < -0.39 is 0 Å². The number of carbonyl (C=O) groups is 1. The van der Waals surface area contributed by atoms with E-state index in [2.05, 4.69) is 5.32 Å². The van der Waals surface area contributed by atoms with E-state index in [4.69, 9.17) is 5.41 Å². The fourth-order valence-corrected chi connectivity index (χ4v) is 1.31. The molecule has 2 N–H and O–H groups in total. The van der Waals surface area contributed by atoms with E-state index in [9.17, 15) is 4.79 Å². The maximum atomic E-state index is 11.0. The Hall–Kier alpha value is -1.64. The topological polar surface area (TPSA) is 53.0 Å². The second kappa shape index (κ2) is 2.44. The molecule has 3 heteroatoms. The van der Waals surface area contributed by atoms with Crippen LogP contribution in [0.2, 0.25) is 0 Å². The molecular weight excluding hydrogens is 152 g/mol. The standard InChI is InChI=1S/C9H8N2O/c10-7-5-9(12)11-8-4-2-1-3-6(7)8/h1-4,10H,5H2,(H,11,12). The number of rotatable bonds is 0. The first-order valence-electron chi connectivity index (χ1n) is 3.74. The van der Waals surface area contributed by atoms with E-state index in [1.807, 2.05) is 18.2 Å². The smallest absolute Gasteiger partial charge is 0.230 e. The van der Waals surface area contributed by atoms with E-state index in [0.717, 1.165) is 11.3 Å². The van der Waals surface area contributed by atoms with Crippen molar-refractivity contribution in [2.45, 2.75) is 6.42 Å². The molecule has 0 unspecified atom stereocenters. The van der Waals surface area contributed by atoms with Crippen LogP contribution in [0.3, 0.4) is 0 Å². The van der Waals surface area contributed by atoms with E-state index in [1.165, 1.54) is 0 Å². The molecule has 0 aromatic heterocycles. The van der Waals surface area contributed by atoms with Crippen molar-refractivity contribution < 1.29 is 4.79 Å². The lowest BCUT2D eigenvalue weighted by Crippen LogP contribution is -2.23. The molecule has 0 radical (unpaired) electrons. The van der Waals surface area contributed by atoms with Gasteiger partial charge in [0.1, 0.15) is 0 Å². The molecule has 12 heavy (non-hydrogen) atoms. The van der Waals surface area contributed by atoms with Crippen LogP contribution in [0.15, 0.2) is 24.3 Å². The van der Waals surface area contributed by atoms with E-state index in [0.29, 0.717) is 5.71 Å². The van der Waals surface area contributed by atoms with Crippen molar-refractivity contribution in [2.24, 2.45) is 0 Å². The predicted molar refractivity (Wildman–Crippen MR) is 46.5 cm³/mol. The third kappa shape index (κ3) is 0.993. The van der Waals surface area contributed by atoms with Gasteiger partial charge in [0.15, 0.2) is 0 Å². The van der Waals surface area contributed by atoms with Crippen LogP contribution in [0.4, 0.5) is 5.69 Å². The van der Waals surface area contributed by atoms with E-state index in [1.54, 1.807) is 6.07 Å². The Morgan fingerprint density at radius 3 is 2.92 bits per heavy atom. The number of hydrogen-bond donors (Lipinski definition) is 2. The lowest BCUT2D eigenvalue weighted by molar-refractivity contribution is -0.115. The number of hydrogen-bond acceptors (Lipinski definition) is 2. The zero-order chi connectivity index (χ0) is 8.55. The maximum Gasteiger partial charge on any atom is 0.230 e. The van der Waals surface area contributed by atoms with E-state index >= 15 is 0 Å². The minimum atomic E-state index is -0.0984. The summed E-state index contributed by atoms with van der Waals surface area (Å²) in [4.78, 5) is 11.0. The Labute approximate surface area is 69.9 Å². The van der Waals surface area contributed by atoms with Crippen LogP contribution in [-0.4, -0.2) is 11.6 Å². The zero-order valence-corrected chi connectivity index (χ0v) is 6.42. The Morgan fingerprint density at radius 2 is 2.08 bits per heavy atom. The van der Waals surface area contributed by atoms with Gasteiger partial charge in [-0.25, -0.2) is 0 Å². The number of para-hydroxylation sites is 1. The quantitative estimate of drug-likeness (QED) is 0.592. The Balaban J connectivity index is 2.54. The van der Waals surface area contributed by atoms with Crippen molar-refractivity contribution in [3.05, 3.63) is 29.8 Å². The van der Waals surface area contributed by atoms with Gasteiger partial charge < -0.3 is 10.7 Å². The monoisotopic (exact) mass is 160 g/mol. The molecule has 0 saturated carbocycles. The molecule has 2 rings (SSSR count). The molecule has 3 nitrogen and oxygen atoms in total. The largest absolute Gasteiger partial charge is 0.325 e. The second-order valence-electron chi connectivity index (χ2n) is 2.75. The molecule has 1 aliphatic heterocycles. The molecule has 1 amide bonds. The molecule has 0 atom stereocenters. The van der Waals surface area contributed by atoms with Crippen molar-refractivity contribution in [3.8, 4) is 0 Å². The van der Waals surface area contributed by atoms with Gasteiger partial charge in [0.05, 0.1) is 12.1 Å². The number of fused-ring (bicyclic) bond motifs is 1. The summed E-state index contributed by atoms with van der Waals surface area (Å²) in [6, 6.07) is 7.36. The zero-order valence-electron chi connectivity index (χ0n) is 6.42. The van der Waals surface area contributed by atoms with Crippen molar-refractivity contribution in [2.75, 3.05) is 5.32 Å². The lowest BCUT2D eigenvalue weighted by atomic mass is 10.0. The molecule has 0 bridgehead atoms. The summed E-state index contributed by atoms with van der Waals surface area (Å²) in [5.74, 6) is -0.0984.